The first-order chi connectivity index (χ1) is 14.2. The highest BCUT2D eigenvalue weighted by Gasteiger charge is 2.51. The van der Waals surface area contributed by atoms with Crippen molar-refractivity contribution in [3.8, 4) is 5.95 Å². The molecule has 0 atom stereocenters. The van der Waals surface area contributed by atoms with Gasteiger partial charge >= 0.3 is 6.18 Å². The molecule has 0 unspecified atom stereocenters. The summed E-state index contributed by atoms with van der Waals surface area (Å²) in [4.78, 5) is 20.0. The summed E-state index contributed by atoms with van der Waals surface area (Å²) in [5.41, 5.74) is -1.89. The van der Waals surface area contributed by atoms with Crippen LogP contribution in [0.5, 0.6) is 0 Å². The van der Waals surface area contributed by atoms with Gasteiger partial charge in [0.15, 0.2) is 11.5 Å². The first-order valence-electron chi connectivity index (χ1n) is 10.1. The monoisotopic (exact) mass is 423 g/mol. The van der Waals surface area contributed by atoms with Gasteiger partial charge in [0.1, 0.15) is 0 Å². The lowest BCUT2D eigenvalue weighted by atomic mass is 9.49. The molecule has 2 aromatic rings. The van der Waals surface area contributed by atoms with E-state index in [9.17, 15) is 22.4 Å². The van der Waals surface area contributed by atoms with E-state index in [1.807, 2.05) is 0 Å². The van der Waals surface area contributed by atoms with E-state index >= 15 is 0 Å². The summed E-state index contributed by atoms with van der Waals surface area (Å²) in [7, 11) is 0. The number of carbonyl (C=O) groups is 1. The maximum atomic E-state index is 13.5. The van der Waals surface area contributed by atoms with Crippen molar-refractivity contribution in [2.24, 2.45) is 23.2 Å². The SMILES string of the molecule is O=C(NCC12CC3CC(CC(C3)C1)C2)c1cn(-c2ncc(F)cn2)nc1C(F)(F)F. The van der Waals surface area contributed by atoms with Crippen LogP contribution < -0.4 is 5.32 Å². The van der Waals surface area contributed by atoms with Crippen molar-refractivity contribution in [2.45, 2.75) is 44.7 Å². The normalized spacial score (nSPS) is 29.9. The molecule has 0 spiro atoms. The Labute approximate surface area is 170 Å². The first kappa shape index (κ1) is 19.4. The number of amides is 1. The number of rotatable bonds is 4. The molecule has 0 saturated heterocycles. The van der Waals surface area contributed by atoms with Crippen molar-refractivity contribution in [2.75, 3.05) is 6.54 Å². The van der Waals surface area contributed by atoms with Crippen LogP contribution in [0.3, 0.4) is 0 Å². The van der Waals surface area contributed by atoms with Crippen LogP contribution in [0.1, 0.15) is 54.6 Å². The molecule has 10 heteroatoms. The van der Waals surface area contributed by atoms with E-state index in [2.05, 4.69) is 20.4 Å². The van der Waals surface area contributed by atoms with Gasteiger partial charge in [-0.1, -0.05) is 0 Å². The molecule has 0 radical (unpaired) electrons. The van der Waals surface area contributed by atoms with E-state index in [1.54, 1.807) is 0 Å². The molecule has 30 heavy (non-hydrogen) atoms. The lowest BCUT2D eigenvalue weighted by molar-refractivity contribution is -0.141. The van der Waals surface area contributed by atoms with Gasteiger partial charge in [-0.15, -0.1) is 0 Å². The second-order valence-electron chi connectivity index (χ2n) is 9.14. The zero-order valence-electron chi connectivity index (χ0n) is 16.1. The van der Waals surface area contributed by atoms with Crippen molar-refractivity contribution >= 4 is 5.91 Å². The van der Waals surface area contributed by atoms with Crippen molar-refractivity contribution in [1.82, 2.24) is 25.1 Å². The van der Waals surface area contributed by atoms with Gasteiger partial charge in [0.2, 0.25) is 0 Å². The van der Waals surface area contributed by atoms with Gasteiger partial charge in [0.05, 0.1) is 18.0 Å². The maximum absolute atomic E-state index is 13.5. The van der Waals surface area contributed by atoms with Gasteiger partial charge in [0.25, 0.3) is 11.9 Å². The van der Waals surface area contributed by atoms with Crippen molar-refractivity contribution in [3.63, 3.8) is 0 Å². The molecule has 0 aliphatic heterocycles. The molecule has 0 aromatic carbocycles. The number of nitrogens with one attached hydrogen (secondary N) is 1. The number of halogens is 4. The number of hydrogen-bond acceptors (Lipinski definition) is 4. The van der Waals surface area contributed by atoms with E-state index in [0.29, 0.717) is 24.3 Å². The molecule has 160 valence electrons. The lowest BCUT2D eigenvalue weighted by Gasteiger charge is -2.56. The Morgan fingerprint density at radius 2 is 1.67 bits per heavy atom. The fraction of sp³-hybridized carbons (Fsp3) is 0.600. The summed E-state index contributed by atoms with van der Waals surface area (Å²) in [5.74, 6) is 0.246. The minimum absolute atomic E-state index is 0.00112. The third-order valence-corrected chi connectivity index (χ3v) is 6.83. The summed E-state index contributed by atoms with van der Waals surface area (Å²) in [6, 6.07) is 0. The minimum Gasteiger partial charge on any atom is -0.351 e. The summed E-state index contributed by atoms with van der Waals surface area (Å²) in [5, 5.41) is 6.21. The zero-order valence-corrected chi connectivity index (χ0v) is 16.1. The van der Waals surface area contributed by atoms with Crippen LogP contribution in [0, 0.1) is 29.0 Å². The number of aromatic nitrogens is 4. The highest BCUT2D eigenvalue weighted by atomic mass is 19.4. The highest BCUT2D eigenvalue weighted by molar-refractivity contribution is 5.95. The van der Waals surface area contributed by atoms with Crippen LogP contribution in [-0.2, 0) is 6.18 Å². The molecule has 2 heterocycles. The van der Waals surface area contributed by atoms with Gasteiger partial charge < -0.3 is 5.32 Å². The largest absolute Gasteiger partial charge is 0.435 e. The number of alkyl halides is 3. The summed E-state index contributed by atoms with van der Waals surface area (Å²) < 4.78 is 54.3. The van der Waals surface area contributed by atoms with Gasteiger partial charge in [-0.3, -0.25) is 4.79 Å². The van der Waals surface area contributed by atoms with Crippen molar-refractivity contribution in [1.29, 1.82) is 0 Å². The molecule has 4 bridgehead atoms. The van der Waals surface area contributed by atoms with E-state index in [1.165, 1.54) is 19.3 Å². The Morgan fingerprint density at radius 1 is 1.10 bits per heavy atom. The molecule has 6 nitrogen and oxygen atoms in total. The minimum atomic E-state index is -4.82. The maximum Gasteiger partial charge on any atom is 0.435 e. The first-order valence-corrected chi connectivity index (χ1v) is 10.1. The van der Waals surface area contributed by atoms with Gasteiger partial charge in [-0.2, -0.15) is 18.3 Å². The average molecular weight is 423 g/mol. The van der Waals surface area contributed by atoms with E-state index in [4.69, 9.17) is 0 Å². The Morgan fingerprint density at radius 3 is 2.20 bits per heavy atom. The molecule has 1 amide bonds. The van der Waals surface area contributed by atoms with Crippen molar-refractivity contribution in [3.05, 3.63) is 35.7 Å². The van der Waals surface area contributed by atoms with Gasteiger partial charge in [0, 0.05) is 12.7 Å². The number of carbonyl (C=O) groups excluding carboxylic acids is 1. The third kappa shape index (κ3) is 3.45. The Bertz CT molecular complexity index is 933. The molecule has 4 saturated carbocycles. The fourth-order valence-corrected chi connectivity index (χ4v) is 6.15. The van der Waals surface area contributed by atoms with Crippen LogP contribution in [0.4, 0.5) is 17.6 Å². The predicted octanol–water partition coefficient (Wildman–Crippen LogP) is 3.77. The van der Waals surface area contributed by atoms with Crippen molar-refractivity contribution < 1.29 is 22.4 Å². The standard InChI is InChI=1S/C20H21F4N5O/c21-14-7-25-18(26-8-14)29-9-15(16(28-29)20(22,23)24)17(30)27-10-19-4-11-1-12(5-19)3-13(2-11)6-19/h7-9,11-13H,1-6,10H2,(H,27,30). The molecule has 1 N–H and O–H groups in total. The number of nitrogens with zero attached hydrogens (tertiary/aromatic N) is 4. The Balaban J connectivity index is 1.37. The second-order valence-corrected chi connectivity index (χ2v) is 9.14. The van der Waals surface area contributed by atoms with Crippen LogP contribution in [0.15, 0.2) is 18.6 Å². The Hall–Kier alpha value is -2.52. The molecular formula is C20H21F4N5O. The highest BCUT2D eigenvalue weighted by Crippen LogP contribution is 2.59. The average Bonchev–Trinajstić information content (AvgIpc) is 3.12. The Kier molecular flexibility index (Phi) is 4.37. The lowest BCUT2D eigenvalue weighted by Crippen LogP contribution is -2.51. The quantitative estimate of drug-likeness (QED) is 0.760. The van der Waals surface area contributed by atoms with E-state index in [-0.39, 0.29) is 11.4 Å². The summed E-state index contributed by atoms with van der Waals surface area (Å²) >= 11 is 0. The van der Waals surface area contributed by atoms with Crippen LogP contribution in [0.2, 0.25) is 0 Å². The van der Waals surface area contributed by atoms with Crippen LogP contribution in [0.25, 0.3) is 5.95 Å². The van der Waals surface area contributed by atoms with Crippen LogP contribution in [-0.4, -0.2) is 32.2 Å². The second kappa shape index (κ2) is 6.75. The van der Waals surface area contributed by atoms with Crippen LogP contribution >= 0.6 is 0 Å². The van der Waals surface area contributed by atoms with E-state index in [0.717, 1.165) is 42.5 Å². The predicted molar refractivity (Wildman–Crippen MR) is 97.1 cm³/mol. The molecule has 2 aromatic heterocycles. The summed E-state index contributed by atoms with van der Waals surface area (Å²) in [6.07, 6.45) is 4.62. The third-order valence-electron chi connectivity index (χ3n) is 6.83. The zero-order chi connectivity index (χ0) is 21.1. The smallest absolute Gasteiger partial charge is 0.351 e. The molecule has 4 fully saturated rings. The molecule has 6 rings (SSSR count). The van der Waals surface area contributed by atoms with Gasteiger partial charge in [-0.05, 0) is 61.7 Å². The molecular weight excluding hydrogens is 402 g/mol. The topological polar surface area (TPSA) is 72.7 Å². The van der Waals surface area contributed by atoms with Gasteiger partial charge in [-0.25, -0.2) is 19.0 Å². The number of hydrogen-bond donors (Lipinski definition) is 1. The summed E-state index contributed by atoms with van der Waals surface area (Å²) in [6.45, 7) is 0.380. The van der Waals surface area contributed by atoms with E-state index < -0.39 is 29.2 Å². The molecule has 4 aliphatic rings. The molecule has 4 aliphatic carbocycles. The fourth-order valence-electron chi connectivity index (χ4n) is 6.15.